The van der Waals surface area contributed by atoms with Crippen LogP contribution in [0.3, 0.4) is 0 Å². The summed E-state index contributed by atoms with van der Waals surface area (Å²) in [6.45, 7) is 9.60. The molecule has 1 saturated heterocycles. The van der Waals surface area contributed by atoms with Crippen molar-refractivity contribution in [3.05, 3.63) is 59.4 Å². The molecule has 1 fully saturated rings. The normalized spacial score (nSPS) is 16.3. The van der Waals surface area contributed by atoms with Crippen molar-refractivity contribution in [1.82, 2.24) is 14.5 Å². The van der Waals surface area contributed by atoms with E-state index in [1.54, 1.807) is 0 Å². The minimum atomic E-state index is 0.179. The number of fused-ring (bicyclic) bond motifs is 1. The topological polar surface area (TPSA) is 47.4 Å². The molecule has 2 aromatic carbocycles. The van der Waals surface area contributed by atoms with Gasteiger partial charge in [-0.05, 0) is 62.4 Å². The Bertz CT molecular complexity index is 1070. The predicted molar refractivity (Wildman–Crippen MR) is 129 cm³/mol. The van der Waals surface area contributed by atoms with Gasteiger partial charge in [0, 0.05) is 32.0 Å². The maximum absolute atomic E-state index is 12.5. The quantitative estimate of drug-likeness (QED) is 0.389. The Labute approximate surface area is 191 Å². The van der Waals surface area contributed by atoms with Crippen molar-refractivity contribution in [1.29, 1.82) is 0 Å². The first kappa shape index (κ1) is 22.4. The summed E-state index contributed by atoms with van der Waals surface area (Å²) in [4.78, 5) is 19.5. The molecule has 0 radical (unpaired) electrons. The molecule has 1 atom stereocenters. The molecule has 1 aliphatic heterocycles. The summed E-state index contributed by atoms with van der Waals surface area (Å²) >= 11 is 0. The fourth-order valence-electron chi connectivity index (χ4n) is 4.57. The lowest BCUT2D eigenvalue weighted by molar-refractivity contribution is -0.127. The summed E-state index contributed by atoms with van der Waals surface area (Å²) in [5, 5.41) is 0. The van der Waals surface area contributed by atoms with Gasteiger partial charge >= 0.3 is 0 Å². The van der Waals surface area contributed by atoms with E-state index in [0.717, 1.165) is 67.9 Å². The number of rotatable bonds is 10. The van der Waals surface area contributed by atoms with Crippen LogP contribution in [0, 0.1) is 13.8 Å². The van der Waals surface area contributed by atoms with Crippen molar-refractivity contribution in [2.24, 2.45) is 0 Å². The summed E-state index contributed by atoms with van der Waals surface area (Å²) in [6.07, 6.45) is 4.74. The molecule has 1 amide bonds. The van der Waals surface area contributed by atoms with E-state index >= 15 is 0 Å². The second kappa shape index (κ2) is 10.2. The number of unbranched alkanes of at least 4 members (excludes halogenated alkanes) is 2. The van der Waals surface area contributed by atoms with E-state index in [2.05, 4.69) is 61.7 Å². The van der Waals surface area contributed by atoms with Gasteiger partial charge in [0.25, 0.3) is 0 Å². The van der Waals surface area contributed by atoms with Crippen LogP contribution in [0.2, 0.25) is 0 Å². The molecule has 1 aliphatic rings. The van der Waals surface area contributed by atoms with Gasteiger partial charge in [-0.3, -0.25) is 4.79 Å². The number of amides is 1. The van der Waals surface area contributed by atoms with Crippen LogP contribution in [0.1, 0.15) is 61.9 Å². The van der Waals surface area contributed by atoms with Crippen molar-refractivity contribution < 1.29 is 9.53 Å². The maximum atomic E-state index is 12.5. The van der Waals surface area contributed by atoms with E-state index < -0.39 is 0 Å². The highest BCUT2D eigenvalue weighted by Crippen LogP contribution is 2.31. The van der Waals surface area contributed by atoms with Gasteiger partial charge in [0.2, 0.25) is 5.91 Å². The lowest BCUT2D eigenvalue weighted by atomic mass is 10.1. The molecular weight excluding hydrogens is 398 g/mol. The first-order valence-electron chi connectivity index (χ1n) is 12.0. The highest BCUT2D eigenvalue weighted by Gasteiger charge is 2.33. The van der Waals surface area contributed by atoms with Crippen molar-refractivity contribution in [2.75, 3.05) is 19.7 Å². The van der Waals surface area contributed by atoms with Crippen molar-refractivity contribution in [3.8, 4) is 5.75 Å². The molecule has 0 aliphatic carbocycles. The summed E-state index contributed by atoms with van der Waals surface area (Å²) in [5.41, 5.74) is 4.59. The Morgan fingerprint density at radius 3 is 2.75 bits per heavy atom. The Balaban J connectivity index is 1.42. The number of hydrogen-bond acceptors (Lipinski definition) is 3. The smallest absolute Gasteiger partial charge is 0.223 e. The number of aromatic nitrogens is 2. The second-order valence-electron chi connectivity index (χ2n) is 9.03. The molecule has 0 spiro atoms. The number of imidazole rings is 1. The zero-order valence-electron chi connectivity index (χ0n) is 19.6. The Morgan fingerprint density at radius 1 is 1.06 bits per heavy atom. The van der Waals surface area contributed by atoms with E-state index in [9.17, 15) is 4.79 Å². The van der Waals surface area contributed by atoms with E-state index in [1.165, 1.54) is 11.1 Å². The number of likely N-dealkylation sites (tertiary alicyclic amines) is 1. The highest BCUT2D eigenvalue weighted by molar-refractivity contribution is 5.80. The molecule has 1 aromatic heterocycles. The van der Waals surface area contributed by atoms with E-state index in [1.807, 2.05) is 11.0 Å². The van der Waals surface area contributed by atoms with Crippen LogP contribution in [0.25, 0.3) is 11.0 Å². The van der Waals surface area contributed by atoms with Gasteiger partial charge in [-0.2, -0.15) is 0 Å². The average Bonchev–Trinajstić information content (AvgIpc) is 3.34. The third-order valence-electron chi connectivity index (χ3n) is 6.42. The van der Waals surface area contributed by atoms with E-state index in [0.29, 0.717) is 13.0 Å². The van der Waals surface area contributed by atoms with Gasteiger partial charge in [0.1, 0.15) is 11.6 Å². The van der Waals surface area contributed by atoms with Gasteiger partial charge < -0.3 is 14.2 Å². The van der Waals surface area contributed by atoms with Gasteiger partial charge in [-0.15, -0.1) is 0 Å². The number of para-hydroxylation sites is 2. The number of carbonyl (C=O) groups is 1. The zero-order chi connectivity index (χ0) is 22.5. The van der Waals surface area contributed by atoms with Gasteiger partial charge in [0.05, 0.1) is 17.6 Å². The van der Waals surface area contributed by atoms with Crippen LogP contribution in [0.15, 0.2) is 42.5 Å². The number of hydrogen-bond donors (Lipinski definition) is 0. The highest BCUT2D eigenvalue weighted by atomic mass is 16.5. The molecule has 2 heterocycles. The zero-order valence-corrected chi connectivity index (χ0v) is 19.6. The van der Waals surface area contributed by atoms with Gasteiger partial charge in [-0.25, -0.2) is 4.98 Å². The number of carbonyl (C=O) groups excluding carboxylic acids is 1. The second-order valence-corrected chi connectivity index (χ2v) is 9.03. The first-order valence-corrected chi connectivity index (χ1v) is 12.0. The fourth-order valence-corrected chi connectivity index (χ4v) is 4.57. The molecule has 0 unspecified atom stereocenters. The molecule has 5 heteroatoms. The van der Waals surface area contributed by atoms with Gasteiger partial charge in [0.15, 0.2) is 0 Å². The molecule has 0 bridgehead atoms. The Hall–Kier alpha value is -2.82. The molecule has 4 rings (SSSR count). The van der Waals surface area contributed by atoms with Crippen molar-refractivity contribution in [3.63, 3.8) is 0 Å². The number of benzene rings is 2. The molecule has 0 N–H and O–H groups in total. The van der Waals surface area contributed by atoms with Gasteiger partial charge in [-0.1, -0.05) is 37.6 Å². The third-order valence-corrected chi connectivity index (χ3v) is 6.42. The monoisotopic (exact) mass is 433 g/mol. The lowest BCUT2D eigenvalue weighted by Gasteiger charge is -2.17. The molecular formula is C27H35N3O2. The number of ether oxygens (including phenoxy) is 1. The fraction of sp³-hybridized carbons (Fsp3) is 0.481. The molecule has 3 aromatic rings. The van der Waals surface area contributed by atoms with Crippen LogP contribution in [0.4, 0.5) is 0 Å². The first-order chi connectivity index (χ1) is 15.6. The summed E-state index contributed by atoms with van der Waals surface area (Å²) in [5.74, 6) is 2.49. The molecule has 170 valence electrons. The van der Waals surface area contributed by atoms with Crippen LogP contribution in [0.5, 0.6) is 5.75 Å². The Kier molecular flexibility index (Phi) is 7.13. The van der Waals surface area contributed by atoms with Crippen molar-refractivity contribution in [2.45, 2.75) is 65.3 Å². The minimum Gasteiger partial charge on any atom is -0.493 e. The third kappa shape index (κ3) is 4.98. The minimum absolute atomic E-state index is 0.179. The molecule has 5 nitrogen and oxygen atoms in total. The van der Waals surface area contributed by atoms with Crippen LogP contribution in [-0.4, -0.2) is 40.1 Å². The van der Waals surface area contributed by atoms with Crippen LogP contribution in [-0.2, 0) is 11.3 Å². The summed E-state index contributed by atoms with van der Waals surface area (Å²) in [7, 11) is 0. The molecule has 32 heavy (non-hydrogen) atoms. The SMILES string of the molecule is CCCCN1C[C@H](c2nc3ccccc3n2CCCCOc2cc(C)ccc2C)CC1=O. The Morgan fingerprint density at radius 2 is 1.91 bits per heavy atom. The van der Waals surface area contributed by atoms with Crippen LogP contribution >= 0.6 is 0 Å². The summed E-state index contributed by atoms with van der Waals surface area (Å²) in [6, 6.07) is 14.7. The standard InChI is InChI=1S/C27H35N3O2/c1-4-5-14-29-19-22(18-26(29)31)27-28-23-10-6-7-11-24(23)30(27)15-8-9-16-32-25-17-20(2)12-13-21(25)3/h6-7,10-13,17,22H,4-5,8-9,14-16,18-19H2,1-3H3/t22-/m1/s1. The maximum Gasteiger partial charge on any atom is 0.223 e. The largest absolute Gasteiger partial charge is 0.493 e. The number of aryl methyl sites for hydroxylation is 3. The van der Waals surface area contributed by atoms with E-state index in [-0.39, 0.29) is 11.8 Å². The summed E-state index contributed by atoms with van der Waals surface area (Å²) < 4.78 is 8.39. The number of nitrogens with zero attached hydrogens (tertiary/aromatic N) is 3. The van der Waals surface area contributed by atoms with Crippen LogP contribution < -0.4 is 4.74 Å². The van der Waals surface area contributed by atoms with E-state index in [4.69, 9.17) is 9.72 Å². The predicted octanol–water partition coefficient (Wildman–Crippen LogP) is 5.63. The molecule has 0 saturated carbocycles. The van der Waals surface area contributed by atoms with Crippen molar-refractivity contribution >= 4 is 16.9 Å². The average molecular weight is 434 g/mol. The lowest BCUT2D eigenvalue weighted by Crippen LogP contribution is -2.26.